The standard InChI is InChI=1S/C58H87ClN2O17/c1-7-48(46-41-53(67-4)56(69-6)54(42-46)68-5)57(63)61-24-12-10-17-49(61)58(64)78-50(20-18-44-19-21-51(65-2)52(39-44)66-3)45-15-14-16-47(40-45)77-43-55(62)60-23-26-71-28-30-73-32-34-75-36-38-76-37-35-74-33-31-72-29-27-70-25-13-9-8-11-22-59/h14-16,19,21,39-42,48-50H,7-13,17-18,20,22-38,43H2,1-6H3,(H,60,62)/t48-,49-,50+/m0/s1. The van der Waals surface area contributed by atoms with Crippen molar-refractivity contribution in [3.8, 4) is 34.5 Å². The Bertz CT molecular complexity index is 2110. The molecule has 0 aromatic heterocycles. The van der Waals surface area contributed by atoms with Crippen molar-refractivity contribution in [3.05, 3.63) is 71.3 Å². The number of piperidine rings is 1. The van der Waals surface area contributed by atoms with E-state index in [1.165, 1.54) is 21.3 Å². The Labute approximate surface area is 467 Å². The van der Waals surface area contributed by atoms with Gasteiger partial charge in [-0.1, -0.05) is 38.0 Å². The lowest BCUT2D eigenvalue weighted by Crippen LogP contribution is -2.50. The number of amides is 2. The molecule has 1 saturated heterocycles. The molecule has 0 saturated carbocycles. The van der Waals surface area contributed by atoms with Crippen LogP contribution < -0.4 is 33.7 Å². The number of nitrogens with zero attached hydrogens (tertiary/aromatic N) is 1. The number of aryl methyl sites for hydroxylation is 1. The maximum atomic E-state index is 14.5. The summed E-state index contributed by atoms with van der Waals surface area (Å²) in [5.74, 6) is 2.03. The third kappa shape index (κ3) is 24.1. The van der Waals surface area contributed by atoms with Crippen LogP contribution in [-0.2, 0) is 58.7 Å². The summed E-state index contributed by atoms with van der Waals surface area (Å²) >= 11 is 5.68. The summed E-state index contributed by atoms with van der Waals surface area (Å²) < 4.78 is 79.0. The summed E-state index contributed by atoms with van der Waals surface area (Å²) in [7, 11) is 7.75. The zero-order valence-corrected chi connectivity index (χ0v) is 47.7. The van der Waals surface area contributed by atoms with E-state index >= 15 is 0 Å². The van der Waals surface area contributed by atoms with E-state index in [0.29, 0.717) is 164 Å². The van der Waals surface area contributed by atoms with Crippen molar-refractivity contribution < 1.29 is 80.7 Å². The second kappa shape index (κ2) is 40.1. The third-order valence-electron chi connectivity index (χ3n) is 12.8. The van der Waals surface area contributed by atoms with Crippen LogP contribution in [-0.4, -0.2) is 182 Å². The zero-order valence-electron chi connectivity index (χ0n) is 47.0. The highest BCUT2D eigenvalue weighted by Crippen LogP contribution is 2.42. The van der Waals surface area contributed by atoms with Crippen LogP contribution in [0, 0.1) is 0 Å². The molecule has 3 atom stereocenters. The van der Waals surface area contributed by atoms with Crippen molar-refractivity contribution in [1.29, 1.82) is 0 Å². The molecule has 3 aromatic carbocycles. The van der Waals surface area contributed by atoms with E-state index in [9.17, 15) is 14.4 Å². The lowest BCUT2D eigenvalue weighted by molar-refractivity contribution is -0.162. The Hall–Kier alpha value is -5.12. The number of rotatable bonds is 44. The Morgan fingerprint density at radius 3 is 1.76 bits per heavy atom. The maximum absolute atomic E-state index is 14.5. The molecule has 1 aliphatic heterocycles. The molecule has 1 fully saturated rings. The molecule has 1 aliphatic rings. The third-order valence-corrected chi connectivity index (χ3v) is 13.1. The molecular weight excluding hydrogens is 1030 g/mol. The van der Waals surface area contributed by atoms with Gasteiger partial charge in [-0.2, -0.15) is 0 Å². The van der Waals surface area contributed by atoms with E-state index in [-0.39, 0.29) is 25.0 Å². The molecule has 0 spiro atoms. The van der Waals surface area contributed by atoms with Gasteiger partial charge in [-0.15, -0.1) is 11.6 Å². The van der Waals surface area contributed by atoms with E-state index < -0.39 is 24.0 Å². The second-order valence-corrected chi connectivity index (χ2v) is 18.6. The predicted molar refractivity (Wildman–Crippen MR) is 295 cm³/mol. The topological polar surface area (TPSA) is 196 Å². The normalized spacial score (nSPS) is 14.1. The highest BCUT2D eigenvalue weighted by molar-refractivity contribution is 6.17. The van der Waals surface area contributed by atoms with Gasteiger partial charge >= 0.3 is 5.97 Å². The van der Waals surface area contributed by atoms with E-state index in [4.69, 9.17) is 77.9 Å². The van der Waals surface area contributed by atoms with Gasteiger partial charge in [0.1, 0.15) is 17.9 Å². The van der Waals surface area contributed by atoms with Crippen molar-refractivity contribution in [1.82, 2.24) is 10.2 Å². The van der Waals surface area contributed by atoms with E-state index in [0.717, 1.165) is 56.6 Å². The minimum atomic E-state index is -0.806. The second-order valence-electron chi connectivity index (χ2n) is 18.2. The van der Waals surface area contributed by atoms with Gasteiger partial charge in [0.15, 0.2) is 29.6 Å². The summed E-state index contributed by atoms with van der Waals surface area (Å²) in [5, 5.41) is 2.81. The van der Waals surface area contributed by atoms with Crippen molar-refractivity contribution >= 4 is 29.4 Å². The number of unbranched alkanes of at least 4 members (excludes halogenated alkanes) is 3. The fraction of sp³-hybridized carbons (Fsp3) is 0.638. The Kier molecular flexibility index (Phi) is 33.6. The molecule has 0 unspecified atom stereocenters. The molecule has 4 rings (SSSR count). The van der Waals surface area contributed by atoms with Gasteiger partial charge in [-0.3, -0.25) is 9.59 Å². The number of halogens is 1. The average Bonchev–Trinajstić information content (AvgIpc) is 3.52. The van der Waals surface area contributed by atoms with E-state index in [2.05, 4.69) is 5.32 Å². The Balaban J connectivity index is 1.17. The molecule has 0 aliphatic carbocycles. The maximum Gasteiger partial charge on any atom is 0.329 e. The van der Waals surface area contributed by atoms with Crippen LogP contribution in [0.1, 0.15) is 93.4 Å². The Morgan fingerprint density at radius 2 is 1.19 bits per heavy atom. The van der Waals surface area contributed by atoms with E-state index in [1.54, 1.807) is 49.5 Å². The molecule has 0 bridgehead atoms. The fourth-order valence-electron chi connectivity index (χ4n) is 8.68. The van der Waals surface area contributed by atoms with Crippen LogP contribution >= 0.6 is 11.6 Å². The van der Waals surface area contributed by atoms with Crippen molar-refractivity contribution in [2.45, 2.75) is 89.2 Å². The molecule has 0 radical (unpaired) electrons. The van der Waals surface area contributed by atoms with Gasteiger partial charge in [-0.25, -0.2) is 4.79 Å². The van der Waals surface area contributed by atoms with E-state index in [1.807, 2.05) is 31.2 Å². The van der Waals surface area contributed by atoms with Crippen LogP contribution in [0.2, 0.25) is 0 Å². The molecular formula is C58H87ClN2O17. The van der Waals surface area contributed by atoms with Crippen molar-refractivity contribution in [2.75, 3.05) is 154 Å². The minimum Gasteiger partial charge on any atom is -0.493 e. The molecule has 19 nitrogen and oxygen atoms in total. The number of esters is 1. The number of benzene rings is 3. The monoisotopic (exact) mass is 1120 g/mol. The first-order valence-electron chi connectivity index (χ1n) is 27.3. The predicted octanol–water partition coefficient (Wildman–Crippen LogP) is 7.93. The Morgan fingerprint density at radius 1 is 0.615 bits per heavy atom. The van der Waals surface area contributed by atoms with Crippen LogP contribution in [0.4, 0.5) is 0 Å². The number of hydrogen-bond donors (Lipinski definition) is 1. The highest BCUT2D eigenvalue weighted by atomic mass is 35.5. The van der Waals surface area contributed by atoms with Crippen LogP contribution in [0.25, 0.3) is 0 Å². The number of carbonyl (C=O) groups excluding carboxylic acids is 3. The van der Waals surface area contributed by atoms with Crippen LogP contribution in [0.3, 0.4) is 0 Å². The number of likely N-dealkylation sites (tertiary alicyclic amines) is 1. The summed E-state index contributed by atoms with van der Waals surface area (Å²) in [6.45, 7) is 9.07. The van der Waals surface area contributed by atoms with Crippen molar-refractivity contribution in [3.63, 3.8) is 0 Å². The van der Waals surface area contributed by atoms with Gasteiger partial charge in [0.05, 0.1) is 127 Å². The number of alkyl halides is 1. The molecule has 2 amide bonds. The molecule has 1 heterocycles. The van der Waals surface area contributed by atoms with Gasteiger partial charge in [0, 0.05) is 25.6 Å². The van der Waals surface area contributed by atoms with Gasteiger partial charge in [0.2, 0.25) is 11.7 Å². The summed E-state index contributed by atoms with van der Waals surface area (Å²) in [5.41, 5.74) is 2.30. The fourth-order valence-corrected chi connectivity index (χ4v) is 8.87. The molecule has 3 aromatic rings. The van der Waals surface area contributed by atoms with Crippen LogP contribution in [0.15, 0.2) is 54.6 Å². The summed E-state index contributed by atoms with van der Waals surface area (Å²) in [6, 6.07) is 15.6. The van der Waals surface area contributed by atoms with Gasteiger partial charge < -0.3 is 76.5 Å². The quantitative estimate of drug-likeness (QED) is 0.0325. The number of carbonyl (C=O) groups is 3. The van der Waals surface area contributed by atoms with Gasteiger partial charge in [-0.05, 0) is 104 Å². The minimum absolute atomic E-state index is 0.185. The van der Waals surface area contributed by atoms with Gasteiger partial charge in [0.25, 0.3) is 5.91 Å². The SMILES string of the molecule is CC[C@H](C(=O)N1CCCC[C@H]1C(=O)O[C@H](CCc1ccc(OC)c(OC)c1)c1cccc(OCC(=O)NCCOCCOCCOCCOCCOCCOCCOCCCCCCCl)c1)c1cc(OC)c(OC)c(OC)c1. The van der Waals surface area contributed by atoms with Crippen LogP contribution in [0.5, 0.6) is 34.5 Å². The molecule has 438 valence electrons. The molecule has 1 N–H and O–H groups in total. The number of ether oxygens (including phenoxy) is 14. The largest absolute Gasteiger partial charge is 0.493 e. The number of hydrogen-bond acceptors (Lipinski definition) is 17. The summed E-state index contributed by atoms with van der Waals surface area (Å²) in [6.07, 6.45) is 7.01. The molecule has 20 heteroatoms. The first kappa shape index (κ1) is 65.4. The molecule has 78 heavy (non-hydrogen) atoms. The zero-order chi connectivity index (χ0) is 56.0. The number of methoxy groups -OCH3 is 5. The lowest BCUT2D eigenvalue weighted by Gasteiger charge is -2.37. The first-order chi connectivity index (χ1) is 38.2. The summed E-state index contributed by atoms with van der Waals surface area (Å²) in [4.78, 5) is 43.4. The first-order valence-corrected chi connectivity index (χ1v) is 27.9. The smallest absolute Gasteiger partial charge is 0.329 e. The number of nitrogens with one attached hydrogen (secondary N) is 1. The van der Waals surface area contributed by atoms with Crippen molar-refractivity contribution in [2.24, 2.45) is 0 Å². The highest BCUT2D eigenvalue weighted by Gasteiger charge is 2.38. The lowest BCUT2D eigenvalue weighted by atomic mass is 9.91. The average molecular weight is 1120 g/mol.